The summed E-state index contributed by atoms with van der Waals surface area (Å²) in [6.07, 6.45) is 1.73. The number of carbonyl (C=O) groups excluding carboxylic acids is 2. The molecule has 0 unspecified atom stereocenters. The quantitative estimate of drug-likeness (QED) is 0.868. The van der Waals surface area contributed by atoms with E-state index in [1.807, 2.05) is 12.1 Å². The molecule has 0 aliphatic carbocycles. The van der Waals surface area contributed by atoms with Crippen molar-refractivity contribution in [1.29, 1.82) is 0 Å². The van der Waals surface area contributed by atoms with E-state index in [9.17, 15) is 9.59 Å². The molecular formula is C15H12BrN3O2. The number of anilines is 1. The Kier molecular flexibility index (Phi) is 3.47. The van der Waals surface area contributed by atoms with Crippen molar-refractivity contribution in [3.63, 3.8) is 0 Å². The van der Waals surface area contributed by atoms with Gasteiger partial charge in [-0.2, -0.15) is 0 Å². The largest absolute Gasteiger partial charge is 0.379 e. The first kappa shape index (κ1) is 13.8. The molecule has 1 N–H and O–H groups in total. The fraction of sp³-hybridized carbons (Fsp3) is 0.133. The summed E-state index contributed by atoms with van der Waals surface area (Å²) in [5.41, 5.74) is 2.57. The van der Waals surface area contributed by atoms with E-state index in [1.54, 1.807) is 24.4 Å². The molecule has 1 aromatic heterocycles. The van der Waals surface area contributed by atoms with E-state index in [0.29, 0.717) is 17.7 Å². The molecule has 6 heteroatoms. The lowest BCUT2D eigenvalue weighted by molar-refractivity contribution is 0.0693. The normalized spacial score (nSPS) is 13.5. The second-order valence-corrected chi connectivity index (χ2v) is 5.67. The van der Waals surface area contributed by atoms with Gasteiger partial charge in [-0.15, -0.1) is 0 Å². The lowest BCUT2D eigenvalue weighted by Gasteiger charge is -2.07. The van der Waals surface area contributed by atoms with Crippen LogP contribution in [0.1, 0.15) is 26.4 Å². The maximum Gasteiger partial charge on any atom is 0.261 e. The summed E-state index contributed by atoms with van der Waals surface area (Å²) >= 11 is 3.34. The second-order valence-electron chi connectivity index (χ2n) is 4.75. The van der Waals surface area contributed by atoms with Gasteiger partial charge in [-0.05, 0) is 46.3 Å². The minimum atomic E-state index is -0.264. The Balaban J connectivity index is 1.78. The predicted octanol–water partition coefficient (Wildman–Crippen LogP) is 2.68. The SMILES string of the molecule is CN1C(=O)c2ccc(NCc3ccc(Br)cn3)cc2C1=O. The first-order chi connectivity index (χ1) is 10.1. The van der Waals surface area contributed by atoms with Gasteiger partial charge in [0, 0.05) is 23.4 Å². The zero-order valence-electron chi connectivity index (χ0n) is 11.3. The summed E-state index contributed by atoms with van der Waals surface area (Å²) in [6.45, 7) is 0.546. The van der Waals surface area contributed by atoms with Crippen LogP contribution in [0.4, 0.5) is 5.69 Å². The molecule has 106 valence electrons. The molecule has 2 heterocycles. The summed E-state index contributed by atoms with van der Waals surface area (Å²) in [4.78, 5) is 29.1. The minimum Gasteiger partial charge on any atom is -0.379 e. The Labute approximate surface area is 130 Å². The van der Waals surface area contributed by atoms with Crippen LogP contribution in [0.5, 0.6) is 0 Å². The Morgan fingerprint density at radius 2 is 1.90 bits per heavy atom. The molecule has 3 rings (SSSR count). The highest BCUT2D eigenvalue weighted by Gasteiger charge is 2.32. The van der Waals surface area contributed by atoms with Crippen LogP contribution in [0, 0.1) is 0 Å². The van der Waals surface area contributed by atoms with Crippen LogP contribution in [0.3, 0.4) is 0 Å². The summed E-state index contributed by atoms with van der Waals surface area (Å²) in [5, 5.41) is 3.20. The molecule has 21 heavy (non-hydrogen) atoms. The van der Waals surface area contributed by atoms with Crippen LogP contribution >= 0.6 is 15.9 Å². The predicted molar refractivity (Wildman–Crippen MR) is 82.1 cm³/mol. The number of aromatic nitrogens is 1. The maximum absolute atomic E-state index is 11.9. The number of fused-ring (bicyclic) bond motifs is 1. The molecule has 1 aliphatic heterocycles. The van der Waals surface area contributed by atoms with Crippen LogP contribution in [-0.4, -0.2) is 28.7 Å². The number of rotatable bonds is 3. The number of hydrogen-bond donors (Lipinski definition) is 1. The van der Waals surface area contributed by atoms with E-state index in [-0.39, 0.29) is 11.8 Å². The summed E-state index contributed by atoms with van der Waals surface area (Å²) in [6, 6.07) is 9.01. The first-order valence-corrected chi connectivity index (χ1v) is 7.16. The number of amides is 2. The van der Waals surface area contributed by atoms with Gasteiger partial charge < -0.3 is 5.32 Å². The monoisotopic (exact) mass is 345 g/mol. The molecule has 1 aliphatic rings. The van der Waals surface area contributed by atoms with Gasteiger partial charge in [0.15, 0.2) is 0 Å². The Morgan fingerprint density at radius 3 is 2.62 bits per heavy atom. The molecule has 1 aromatic carbocycles. The van der Waals surface area contributed by atoms with Crippen LogP contribution in [0.15, 0.2) is 41.0 Å². The zero-order valence-corrected chi connectivity index (χ0v) is 12.8. The van der Waals surface area contributed by atoms with Crippen molar-refractivity contribution >= 4 is 33.4 Å². The highest BCUT2D eigenvalue weighted by molar-refractivity contribution is 9.10. The van der Waals surface area contributed by atoms with E-state index in [2.05, 4.69) is 26.2 Å². The number of halogens is 1. The Hall–Kier alpha value is -2.21. The first-order valence-electron chi connectivity index (χ1n) is 6.37. The molecule has 0 saturated carbocycles. The lowest BCUT2D eigenvalue weighted by Crippen LogP contribution is -2.24. The number of carbonyl (C=O) groups is 2. The highest BCUT2D eigenvalue weighted by atomic mass is 79.9. The van der Waals surface area contributed by atoms with E-state index in [0.717, 1.165) is 20.8 Å². The number of benzene rings is 1. The van der Waals surface area contributed by atoms with Gasteiger partial charge in [-0.25, -0.2) is 0 Å². The molecule has 2 amide bonds. The summed E-state index contributed by atoms with van der Waals surface area (Å²) in [5.74, 6) is -0.517. The highest BCUT2D eigenvalue weighted by Crippen LogP contribution is 2.24. The average Bonchev–Trinajstić information content (AvgIpc) is 2.71. The topological polar surface area (TPSA) is 62.3 Å². The van der Waals surface area contributed by atoms with Crippen LogP contribution in [-0.2, 0) is 6.54 Å². The van der Waals surface area contributed by atoms with Gasteiger partial charge in [-0.1, -0.05) is 0 Å². The van der Waals surface area contributed by atoms with Crippen molar-refractivity contribution in [2.45, 2.75) is 6.54 Å². The van der Waals surface area contributed by atoms with E-state index in [1.165, 1.54) is 7.05 Å². The number of pyridine rings is 1. The average molecular weight is 346 g/mol. The number of nitrogens with zero attached hydrogens (tertiary/aromatic N) is 2. The fourth-order valence-electron chi connectivity index (χ4n) is 2.17. The third kappa shape index (κ3) is 2.54. The van der Waals surface area contributed by atoms with Gasteiger partial charge in [0.05, 0.1) is 23.4 Å². The molecule has 0 spiro atoms. The third-order valence-corrected chi connectivity index (χ3v) is 3.82. The van der Waals surface area contributed by atoms with Gasteiger partial charge in [-0.3, -0.25) is 19.5 Å². The molecule has 0 radical (unpaired) electrons. The second kappa shape index (κ2) is 5.29. The van der Waals surface area contributed by atoms with E-state index in [4.69, 9.17) is 0 Å². The van der Waals surface area contributed by atoms with Crippen molar-refractivity contribution < 1.29 is 9.59 Å². The van der Waals surface area contributed by atoms with Crippen molar-refractivity contribution in [3.05, 3.63) is 57.8 Å². The molecule has 5 nitrogen and oxygen atoms in total. The Morgan fingerprint density at radius 1 is 1.14 bits per heavy atom. The van der Waals surface area contributed by atoms with Crippen LogP contribution < -0.4 is 5.32 Å². The van der Waals surface area contributed by atoms with Gasteiger partial charge in [0.25, 0.3) is 11.8 Å². The lowest BCUT2D eigenvalue weighted by atomic mass is 10.1. The molecular weight excluding hydrogens is 334 g/mol. The fourth-order valence-corrected chi connectivity index (χ4v) is 2.41. The van der Waals surface area contributed by atoms with Crippen molar-refractivity contribution in [2.75, 3.05) is 12.4 Å². The molecule has 0 bridgehead atoms. The smallest absolute Gasteiger partial charge is 0.261 e. The van der Waals surface area contributed by atoms with Crippen molar-refractivity contribution in [3.8, 4) is 0 Å². The Bertz CT molecular complexity index is 728. The zero-order chi connectivity index (χ0) is 15.0. The van der Waals surface area contributed by atoms with E-state index < -0.39 is 0 Å². The summed E-state index contributed by atoms with van der Waals surface area (Å²) < 4.78 is 0.927. The molecule has 0 atom stereocenters. The van der Waals surface area contributed by atoms with Crippen LogP contribution in [0.25, 0.3) is 0 Å². The number of hydrogen-bond acceptors (Lipinski definition) is 4. The van der Waals surface area contributed by atoms with Crippen molar-refractivity contribution in [1.82, 2.24) is 9.88 Å². The third-order valence-electron chi connectivity index (χ3n) is 3.35. The molecule has 2 aromatic rings. The molecule has 0 saturated heterocycles. The standard InChI is InChI=1S/C15H12BrN3O2/c1-19-14(20)12-5-4-10(6-13(12)15(19)21)18-8-11-3-2-9(16)7-17-11/h2-7,18H,8H2,1H3. The van der Waals surface area contributed by atoms with Crippen molar-refractivity contribution in [2.24, 2.45) is 0 Å². The van der Waals surface area contributed by atoms with Gasteiger partial charge in [0.2, 0.25) is 0 Å². The maximum atomic E-state index is 11.9. The number of imide groups is 1. The van der Waals surface area contributed by atoms with E-state index >= 15 is 0 Å². The minimum absolute atomic E-state index is 0.254. The van der Waals surface area contributed by atoms with Crippen LogP contribution in [0.2, 0.25) is 0 Å². The van der Waals surface area contributed by atoms with Gasteiger partial charge >= 0.3 is 0 Å². The number of nitrogens with one attached hydrogen (secondary N) is 1. The summed E-state index contributed by atoms with van der Waals surface area (Å²) in [7, 11) is 1.49. The molecule has 0 fully saturated rings. The van der Waals surface area contributed by atoms with Gasteiger partial charge in [0.1, 0.15) is 0 Å².